The molecule has 1 N–H and O–H groups in total. The zero-order chi connectivity index (χ0) is 22.7. The predicted octanol–water partition coefficient (Wildman–Crippen LogP) is 3.91. The highest BCUT2D eigenvalue weighted by molar-refractivity contribution is 6.31. The molecule has 0 aliphatic heterocycles. The van der Waals surface area contributed by atoms with Gasteiger partial charge in [0.2, 0.25) is 0 Å². The first-order valence-corrected chi connectivity index (χ1v) is 10.7. The summed E-state index contributed by atoms with van der Waals surface area (Å²) in [7, 11) is 4.04. The number of likely N-dealkylation sites (N-methyl/N-ethyl adjacent to an activating group) is 1. The molecule has 0 radical (unpaired) electrons. The van der Waals surface area contributed by atoms with Crippen LogP contribution in [0.4, 0.5) is 5.82 Å². The number of aryl methyl sites for hydroxylation is 1. The second kappa shape index (κ2) is 9.46. The smallest absolute Gasteiger partial charge is 0.274 e. The third-order valence-corrected chi connectivity index (χ3v) is 5.67. The van der Waals surface area contributed by atoms with Crippen LogP contribution in [0.15, 0.2) is 65.6 Å². The van der Waals surface area contributed by atoms with E-state index < -0.39 is 0 Å². The minimum atomic E-state index is -0.139. The zero-order valence-electron chi connectivity index (χ0n) is 18.3. The number of nitrogens with one attached hydrogen (secondary N) is 1. The minimum absolute atomic E-state index is 0.0622. The van der Waals surface area contributed by atoms with Gasteiger partial charge < -0.3 is 10.2 Å². The van der Waals surface area contributed by atoms with Gasteiger partial charge in [0.25, 0.3) is 5.56 Å². The third kappa shape index (κ3) is 4.79. The fourth-order valence-corrected chi connectivity index (χ4v) is 3.97. The van der Waals surface area contributed by atoms with Gasteiger partial charge in [-0.1, -0.05) is 48.0 Å². The first-order valence-electron chi connectivity index (χ1n) is 10.4. The van der Waals surface area contributed by atoms with Gasteiger partial charge in [-0.2, -0.15) is 5.10 Å². The molecule has 0 aliphatic carbocycles. The van der Waals surface area contributed by atoms with Gasteiger partial charge in [0.1, 0.15) is 11.6 Å². The van der Waals surface area contributed by atoms with E-state index in [1.807, 2.05) is 75.6 Å². The lowest BCUT2D eigenvalue weighted by molar-refractivity contribution is 0.311. The minimum Gasteiger partial charge on any atom is -0.368 e. The molecule has 0 saturated heterocycles. The molecule has 4 rings (SSSR count). The van der Waals surface area contributed by atoms with E-state index in [9.17, 15) is 4.79 Å². The maximum absolute atomic E-state index is 12.8. The maximum atomic E-state index is 12.8. The average molecular weight is 449 g/mol. The highest BCUT2D eigenvalue weighted by Crippen LogP contribution is 2.26. The van der Waals surface area contributed by atoms with Crippen molar-refractivity contribution < 1.29 is 0 Å². The van der Waals surface area contributed by atoms with E-state index in [0.29, 0.717) is 29.3 Å². The summed E-state index contributed by atoms with van der Waals surface area (Å²) < 4.78 is 1.43. The van der Waals surface area contributed by atoms with E-state index in [1.54, 1.807) is 6.20 Å². The van der Waals surface area contributed by atoms with E-state index in [-0.39, 0.29) is 18.1 Å². The lowest BCUT2D eigenvalue weighted by Gasteiger charge is -2.26. The molecule has 0 bridgehead atoms. The van der Waals surface area contributed by atoms with E-state index in [4.69, 9.17) is 11.6 Å². The lowest BCUT2D eigenvalue weighted by atomic mass is 10.1. The van der Waals surface area contributed by atoms with Gasteiger partial charge in [-0.3, -0.25) is 4.79 Å². The van der Waals surface area contributed by atoms with Gasteiger partial charge in [0.15, 0.2) is 0 Å². The van der Waals surface area contributed by atoms with Crippen LogP contribution in [-0.2, 0) is 6.54 Å². The molecule has 0 fully saturated rings. The second-order valence-corrected chi connectivity index (χ2v) is 8.28. The van der Waals surface area contributed by atoms with Crippen LogP contribution in [-0.4, -0.2) is 45.3 Å². The van der Waals surface area contributed by atoms with Crippen molar-refractivity contribution in [1.29, 1.82) is 0 Å². The van der Waals surface area contributed by atoms with Crippen LogP contribution in [0.1, 0.15) is 23.1 Å². The molecule has 2 aromatic carbocycles. The van der Waals surface area contributed by atoms with Crippen LogP contribution >= 0.6 is 11.6 Å². The largest absolute Gasteiger partial charge is 0.368 e. The molecular formula is C24H25ClN6O. The van der Waals surface area contributed by atoms with E-state index >= 15 is 0 Å². The lowest BCUT2D eigenvalue weighted by Crippen LogP contribution is -2.27. The van der Waals surface area contributed by atoms with Crippen molar-refractivity contribution >= 4 is 28.2 Å². The Morgan fingerprint density at radius 1 is 1.09 bits per heavy atom. The van der Waals surface area contributed by atoms with Crippen molar-refractivity contribution in [2.45, 2.75) is 19.5 Å². The molecular weight excluding hydrogens is 424 g/mol. The quantitative estimate of drug-likeness (QED) is 0.462. The number of fused-ring (bicyclic) bond motifs is 1. The highest BCUT2D eigenvalue weighted by atomic mass is 35.5. The molecule has 164 valence electrons. The SMILES string of the molecule is Cc1nc(Cn2ncc3ccccc3c2=O)cc(NC[C@@H](c2ccccc2Cl)N(C)C)n1. The molecule has 4 aromatic rings. The Balaban J connectivity index is 1.56. The van der Waals surface area contributed by atoms with Crippen molar-refractivity contribution in [2.75, 3.05) is 26.0 Å². The molecule has 0 spiro atoms. The number of aromatic nitrogens is 4. The number of halogens is 1. The number of hydrogen-bond donors (Lipinski definition) is 1. The van der Waals surface area contributed by atoms with Crippen LogP contribution in [0.5, 0.6) is 0 Å². The van der Waals surface area contributed by atoms with Gasteiger partial charge in [0, 0.05) is 23.0 Å². The molecule has 0 amide bonds. The monoisotopic (exact) mass is 448 g/mol. The Kier molecular flexibility index (Phi) is 6.48. The van der Waals surface area contributed by atoms with Crippen molar-refractivity contribution in [3.63, 3.8) is 0 Å². The van der Waals surface area contributed by atoms with Crippen LogP contribution in [0.3, 0.4) is 0 Å². The molecule has 32 heavy (non-hydrogen) atoms. The average Bonchev–Trinajstić information content (AvgIpc) is 2.77. The molecule has 0 saturated carbocycles. The van der Waals surface area contributed by atoms with E-state index in [2.05, 4.69) is 25.3 Å². The molecule has 8 heteroatoms. The first kappa shape index (κ1) is 21.9. The fraction of sp³-hybridized carbons (Fsp3) is 0.250. The normalized spacial score (nSPS) is 12.3. The molecule has 2 heterocycles. The summed E-state index contributed by atoms with van der Waals surface area (Å²) in [5.41, 5.74) is 1.62. The first-order chi connectivity index (χ1) is 15.4. The standard InChI is InChI=1S/C24H25ClN6O/c1-16-28-18(15-31-24(32)19-9-5-4-8-17(19)13-27-31)12-23(29-16)26-14-22(30(2)3)20-10-6-7-11-21(20)25/h4-13,22H,14-15H2,1-3H3,(H,26,28,29)/t22-/m0/s1. The van der Waals surface area contributed by atoms with Crippen molar-refractivity contribution in [1.82, 2.24) is 24.6 Å². The fourth-order valence-electron chi connectivity index (χ4n) is 3.71. The van der Waals surface area contributed by atoms with Crippen molar-refractivity contribution in [3.8, 4) is 0 Å². The Morgan fingerprint density at radius 3 is 2.62 bits per heavy atom. The molecule has 0 unspecified atom stereocenters. The maximum Gasteiger partial charge on any atom is 0.274 e. The van der Waals surface area contributed by atoms with Gasteiger partial charge in [0.05, 0.1) is 29.9 Å². The van der Waals surface area contributed by atoms with Crippen LogP contribution in [0.2, 0.25) is 5.02 Å². The zero-order valence-corrected chi connectivity index (χ0v) is 19.0. The summed E-state index contributed by atoms with van der Waals surface area (Å²) in [6.45, 7) is 2.72. The Hall–Kier alpha value is -3.29. The molecule has 0 aliphatic rings. The van der Waals surface area contributed by atoms with Crippen LogP contribution in [0.25, 0.3) is 10.8 Å². The Bertz CT molecular complexity index is 1300. The Labute approximate surface area is 191 Å². The molecule has 1 atom stereocenters. The summed E-state index contributed by atoms with van der Waals surface area (Å²) >= 11 is 6.42. The summed E-state index contributed by atoms with van der Waals surface area (Å²) in [6, 6.07) is 17.2. The van der Waals surface area contributed by atoms with E-state index in [0.717, 1.165) is 16.0 Å². The number of anilines is 1. The van der Waals surface area contributed by atoms with Gasteiger partial charge in [-0.25, -0.2) is 14.6 Å². The van der Waals surface area contributed by atoms with Crippen LogP contribution < -0.4 is 10.9 Å². The predicted molar refractivity (Wildman–Crippen MR) is 128 cm³/mol. The third-order valence-electron chi connectivity index (χ3n) is 5.33. The Morgan fingerprint density at radius 2 is 1.84 bits per heavy atom. The summed E-state index contributed by atoms with van der Waals surface area (Å²) in [5.74, 6) is 1.32. The molecule has 7 nitrogen and oxygen atoms in total. The van der Waals surface area contributed by atoms with Crippen molar-refractivity contribution in [2.24, 2.45) is 0 Å². The molecule has 2 aromatic heterocycles. The summed E-state index contributed by atoms with van der Waals surface area (Å²) in [5, 5.41) is 9.91. The van der Waals surface area contributed by atoms with Crippen molar-refractivity contribution in [3.05, 3.63) is 93.3 Å². The number of hydrogen-bond acceptors (Lipinski definition) is 6. The van der Waals surface area contributed by atoms with Gasteiger partial charge in [-0.15, -0.1) is 0 Å². The number of rotatable bonds is 7. The number of nitrogens with zero attached hydrogens (tertiary/aromatic N) is 5. The topological polar surface area (TPSA) is 75.9 Å². The van der Waals surface area contributed by atoms with E-state index in [1.165, 1.54) is 4.68 Å². The van der Waals surface area contributed by atoms with Gasteiger partial charge in [-0.05, 0) is 38.7 Å². The highest BCUT2D eigenvalue weighted by Gasteiger charge is 2.17. The number of benzene rings is 2. The summed E-state index contributed by atoms with van der Waals surface area (Å²) in [6.07, 6.45) is 1.70. The second-order valence-electron chi connectivity index (χ2n) is 7.87. The summed E-state index contributed by atoms with van der Waals surface area (Å²) in [4.78, 5) is 23.9. The van der Waals surface area contributed by atoms with Gasteiger partial charge >= 0.3 is 0 Å². The van der Waals surface area contributed by atoms with Crippen LogP contribution in [0, 0.1) is 6.92 Å².